The Kier molecular flexibility index (Phi) is 6.09. The molecule has 1 aliphatic heterocycles. The van der Waals surface area contributed by atoms with E-state index in [-0.39, 0.29) is 11.6 Å². The van der Waals surface area contributed by atoms with Gasteiger partial charge in [0.25, 0.3) is 11.6 Å². The number of carbonyl (C=O) groups is 1. The van der Waals surface area contributed by atoms with Crippen molar-refractivity contribution < 1.29 is 9.72 Å². The van der Waals surface area contributed by atoms with Crippen LogP contribution in [0.15, 0.2) is 47.8 Å². The van der Waals surface area contributed by atoms with Gasteiger partial charge in [-0.05, 0) is 31.0 Å². The second-order valence-electron chi connectivity index (χ2n) is 6.34. The van der Waals surface area contributed by atoms with E-state index in [0.29, 0.717) is 11.1 Å². The molecule has 0 aliphatic carbocycles. The molecule has 1 amide bonds. The summed E-state index contributed by atoms with van der Waals surface area (Å²) >= 11 is 0. The average molecular weight is 367 g/mol. The minimum Gasteiger partial charge on any atom is -0.371 e. The summed E-state index contributed by atoms with van der Waals surface area (Å²) in [7, 11) is 0. The van der Waals surface area contributed by atoms with Gasteiger partial charge in [-0.15, -0.1) is 0 Å². The van der Waals surface area contributed by atoms with Gasteiger partial charge < -0.3 is 4.90 Å². The maximum absolute atomic E-state index is 12.1. The molecule has 2 heterocycles. The highest BCUT2D eigenvalue weighted by atomic mass is 16.6. The van der Waals surface area contributed by atoms with Gasteiger partial charge in [0.1, 0.15) is 0 Å². The van der Waals surface area contributed by atoms with E-state index in [0.717, 1.165) is 31.6 Å². The zero-order valence-corrected chi connectivity index (χ0v) is 14.9. The van der Waals surface area contributed by atoms with Crippen LogP contribution < -0.4 is 10.3 Å². The monoisotopic (exact) mass is 367 g/mol. The summed E-state index contributed by atoms with van der Waals surface area (Å²) in [6, 6.07) is 7.92. The van der Waals surface area contributed by atoms with Crippen molar-refractivity contribution >= 4 is 23.5 Å². The molecule has 2 aromatic rings. The van der Waals surface area contributed by atoms with Crippen LogP contribution in [0.5, 0.6) is 0 Å². The van der Waals surface area contributed by atoms with Crippen LogP contribution in [0.1, 0.15) is 41.6 Å². The highest BCUT2D eigenvalue weighted by molar-refractivity contribution is 5.95. The predicted octanol–water partition coefficient (Wildman–Crippen LogP) is 3.13. The van der Waals surface area contributed by atoms with E-state index in [1.807, 2.05) is 0 Å². The number of nitro benzene ring substituents is 1. The Morgan fingerprint density at radius 2 is 1.85 bits per heavy atom. The molecule has 1 N–H and O–H groups in total. The van der Waals surface area contributed by atoms with Crippen LogP contribution in [0, 0.1) is 10.1 Å². The van der Waals surface area contributed by atoms with Crippen LogP contribution in [0.3, 0.4) is 0 Å². The van der Waals surface area contributed by atoms with E-state index in [9.17, 15) is 14.9 Å². The van der Waals surface area contributed by atoms with Crippen molar-refractivity contribution in [2.24, 2.45) is 5.10 Å². The molecule has 1 aliphatic rings. The molecule has 1 aromatic heterocycles. The molecule has 8 heteroatoms. The lowest BCUT2D eigenvalue weighted by Gasteiger charge is -2.24. The summed E-state index contributed by atoms with van der Waals surface area (Å²) in [6.45, 7) is 1.81. The summed E-state index contributed by atoms with van der Waals surface area (Å²) in [6.07, 6.45) is 9.07. The van der Waals surface area contributed by atoms with E-state index in [1.165, 1.54) is 43.6 Å². The molecule has 0 bridgehead atoms. The molecule has 1 fully saturated rings. The van der Waals surface area contributed by atoms with Crippen molar-refractivity contribution in [3.63, 3.8) is 0 Å². The number of rotatable bonds is 5. The van der Waals surface area contributed by atoms with E-state index >= 15 is 0 Å². The van der Waals surface area contributed by atoms with Gasteiger partial charge in [0.15, 0.2) is 0 Å². The first kappa shape index (κ1) is 18.5. The number of nitrogens with zero attached hydrogens (tertiary/aromatic N) is 4. The smallest absolute Gasteiger partial charge is 0.271 e. The van der Waals surface area contributed by atoms with E-state index in [1.54, 1.807) is 18.2 Å². The molecule has 3 rings (SSSR count). The minimum atomic E-state index is -0.431. The third-order valence-corrected chi connectivity index (χ3v) is 4.48. The molecule has 27 heavy (non-hydrogen) atoms. The molecule has 1 saturated heterocycles. The molecule has 8 nitrogen and oxygen atoms in total. The van der Waals surface area contributed by atoms with Gasteiger partial charge in [0.2, 0.25) is 0 Å². The number of hydrogen-bond donors (Lipinski definition) is 1. The van der Waals surface area contributed by atoms with Crippen molar-refractivity contribution in [3.8, 4) is 0 Å². The maximum Gasteiger partial charge on any atom is 0.271 e. The number of benzene rings is 1. The molecule has 140 valence electrons. The van der Waals surface area contributed by atoms with E-state index < -0.39 is 4.92 Å². The lowest BCUT2D eigenvalue weighted by Crippen LogP contribution is -2.25. The molecule has 1 aromatic carbocycles. The predicted molar refractivity (Wildman–Crippen MR) is 103 cm³/mol. The third-order valence-electron chi connectivity index (χ3n) is 4.48. The largest absolute Gasteiger partial charge is 0.371 e. The van der Waals surface area contributed by atoms with Crippen LogP contribution in [0.25, 0.3) is 0 Å². The summed E-state index contributed by atoms with van der Waals surface area (Å²) in [5.41, 5.74) is 4.39. The number of nitro groups is 1. The maximum atomic E-state index is 12.1. The van der Waals surface area contributed by atoms with Gasteiger partial charge in [-0.2, -0.15) is 5.10 Å². The fourth-order valence-corrected chi connectivity index (χ4v) is 3.09. The number of nitrogens with one attached hydrogen (secondary N) is 1. The first-order valence-corrected chi connectivity index (χ1v) is 8.92. The van der Waals surface area contributed by atoms with Crippen molar-refractivity contribution in [1.29, 1.82) is 0 Å². The zero-order chi connectivity index (χ0) is 19.1. The third kappa shape index (κ3) is 4.87. The zero-order valence-electron chi connectivity index (χ0n) is 14.9. The van der Waals surface area contributed by atoms with Gasteiger partial charge in [-0.25, -0.2) is 5.43 Å². The Morgan fingerprint density at radius 1 is 1.15 bits per heavy atom. The number of aromatic nitrogens is 1. The fourth-order valence-electron chi connectivity index (χ4n) is 3.09. The van der Waals surface area contributed by atoms with Crippen molar-refractivity contribution in [2.75, 3.05) is 18.0 Å². The summed E-state index contributed by atoms with van der Waals surface area (Å²) in [5.74, 6) is -0.365. The first-order chi connectivity index (χ1) is 13.1. The van der Waals surface area contributed by atoms with Gasteiger partial charge in [-0.1, -0.05) is 12.8 Å². The molecular weight excluding hydrogens is 346 g/mol. The molecule has 0 unspecified atom stereocenters. The van der Waals surface area contributed by atoms with Crippen LogP contribution >= 0.6 is 0 Å². The summed E-state index contributed by atoms with van der Waals surface area (Å²) < 4.78 is 0. The highest BCUT2D eigenvalue weighted by Gasteiger charge is 2.16. The topological polar surface area (TPSA) is 101 Å². The SMILES string of the molecule is O=C(N/N=C/c1cc([N+](=O)[O-])ccc1N1CCCCCC1)c1ccncc1. The van der Waals surface area contributed by atoms with Crippen LogP contribution in [-0.2, 0) is 0 Å². The lowest BCUT2D eigenvalue weighted by molar-refractivity contribution is -0.384. The molecule has 0 spiro atoms. The Morgan fingerprint density at radius 3 is 2.52 bits per heavy atom. The van der Waals surface area contributed by atoms with Gasteiger partial charge in [-0.3, -0.25) is 19.9 Å². The Labute approximate surface area is 157 Å². The number of hydrogen-bond acceptors (Lipinski definition) is 6. The second kappa shape index (κ2) is 8.88. The fraction of sp³-hybridized carbons (Fsp3) is 0.316. The quantitative estimate of drug-likeness (QED) is 0.497. The summed E-state index contributed by atoms with van der Waals surface area (Å²) in [4.78, 5) is 28.9. The minimum absolute atomic E-state index is 0.00418. The van der Waals surface area contributed by atoms with Crippen LogP contribution in [-0.4, -0.2) is 35.1 Å². The number of anilines is 1. The Hall–Kier alpha value is -3.29. The van der Waals surface area contributed by atoms with E-state index in [4.69, 9.17) is 0 Å². The summed E-state index contributed by atoms with van der Waals surface area (Å²) in [5, 5.41) is 15.1. The molecule has 0 radical (unpaired) electrons. The normalized spacial score (nSPS) is 14.7. The molecule has 0 saturated carbocycles. The van der Waals surface area contributed by atoms with Crippen LogP contribution in [0.4, 0.5) is 11.4 Å². The van der Waals surface area contributed by atoms with Gasteiger partial charge in [0, 0.05) is 54.4 Å². The number of carbonyl (C=O) groups excluding carboxylic acids is 1. The highest BCUT2D eigenvalue weighted by Crippen LogP contribution is 2.26. The van der Waals surface area contributed by atoms with Gasteiger partial charge in [0.05, 0.1) is 11.1 Å². The Bertz CT molecular complexity index is 830. The standard InChI is InChI=1S/C19H21N5O3/c25-19(15-7-9-20-10-8-15)22-21-14-16-13-17(24(26)27)5-6-18(16)23-11-3-1-2-4-12-23/h5-10,13-14H,1-4,11-12H2,(H,22,25)/b21-14+. The van der Waals surface area contributed by atoms with Crippen LogP contribution in [0.2, 0.25) is 0 Å². The van der Waals surface area contributed by atoms with Crippen molar-refractivity contribution in [2.45, 2.75) is 25.7 Å². The molecular formula is C19H21N5O3. The van der Waals surface area contributed by atoms with Gasteiger partial charge >= 0.3 is 0 Å². The van der Waals surface area contributed by atoms with Crippen molar-refractivity contribution in [3.05, 3.63) is 64.0 Å². The number of amides is 1. The Balaban J connectivity index is 1.81. The first-order valence-electron chi connectivity index (χ1n) is 8.92. The number of non-ortho nitro benzene ring substituents is 1. The average Bonchev–Trinajstić information content (AvgIpc) is 2.98. The molecule has 0 atom stereocenters. The second-order valence-corrected chi connectivity index (χ2v) is 6.34. The number of hydrazone groups is 1. The lowest BCUT2D eigenvalue weighted by atomic mass is 10.1. The number of pyridine rings is 1. The van der Waals surface area contributed by atoms with E-state index in [2.05, 4.69) is 20.4 Å². The van der Waals surface area contributed by atoms with Crippen molar-refractivity contribution in [1.82, 2.24) is 10.4 Å².